The Morgan fingerprint density at radius 2 is 2.24 bits per heavy atom. The van der Waals surface area contributed by atoms with Gasteiger partial charge in [-0.25, -0.2) is 0 Å². The molecule has 1 aliphatic heterocycles. The first-order valence-corrected chi connectivity index (χ1v) is 5.99. The van der Waals surface area contributed by atoms with E-state index in [0.717, 1.165) is 35.9 Å². The van der Waals surface area contributed by atoms with E-state index in [0.29, 0.717) is 0 Å². The van der Waals surface area contributed by atoms with Crippen LogP contribution in [0.2, 0.25) is 0 Å². The second-order valence-electron chi connectivity index (χ2n) is 4.41. The molecule has 1 N–H and O–H groups in total. The molecule has 2 unspecified atom stereocenters. The molecule has 3 nitrogen and oxygen atoms in total. The lowest BCUT2D eigenvalue weighted by molar-refractivity contribution is -0.00186. The summed E-state index contributed by atoms with van der Waals surface area (Å²) in [4.78, 5) is 4.30. The molecule has 1 fully saturated rings. The van der Waals surface area contributed by atoms with Crippen molar-refractivity contribution in [3.8, 4) is 0 Å². The highest BCUT2D eigenvalue weighted by Gasteiger charge is 2.26. The van der Waals surface area contributed by atoms with Crippen molar-refractivity contribution in [2.24, 2.45) is 0 Å². The third kappa shape index (κ3) is 1.92. The van der Waals surface area contributed by atoms with E-state index in [-0.39, 0.29) is 6.10 Å². The molecular weight excluding hydrogens is 214 g/mol. The summed E-state index contributed by atoms with van der Waals surface area (Å²) in [5.74, 6) is 0. The molecule has 0 radical (unpaired) electrons. The summed E-state index contributed by atoms with van der Waals surface area (Å²) in [6.45, 7) is 0.755. The van der Waals surface area contributed by atoms with Crippen molar-refractivity contribution in [2.45, 2.75) is 25.0 Å². The van der Waals surface area contributed by atoms with E-state index in [1.165, 1.54) is 0 Å². The van der Waals surface area contributed by atoms with E-state index in [9.17, 15) is 5.11 Å². The van der Waals surface area contributed by atoms with Crippen molar-refractivity contribution in [1.29, 1.82) is 0 Å². The predicted octanol–water partition coefficient (Wildman–Crippen LogP) is 2.45. The average Bonchev–Trinajstić information content (AvgIpc) is 2.91. The Balaban J connectivity index is 2.04. The quantitative estimate of drug-likeness (QED) is 0.860. The standard InChI is InChI=1S/C14H15NO2/c16-14(13-7-3-9-17-13)11-4-1-6-12-10(11)5-2-8-15-12/h1-2,4-6,8,13-14,16H,3,7,9H2. The van der Waals surface area contributed by atoms with E-state index in [1.54, 1.807) is 6.20 Å². The highest BCUT2D eigenvalue weighted by atomic mass is 16.5. The van der Waals surface area contributed by atoms with Gasteiger partial charge in [-0.15, -0.1) is 0 Å². The van der Waals surface area contributed by atoms with Crippen molar-refractivity contribution in [3.63, 3.8) is 0 Å². The van der Waals surface area contributed by atoms with Crippen molar-refractivity contribution in [1.82, 2.24) is 4.98 Å². The topological polar surface area (TPSA) is 42.4 Å². The highest BCUT2D eigenvalue weighted by Crippen LogP contribution is 2.30. The Bertz CT molecular complexity index is 515. The summed E-state index contributed by atoms with van der Waals surface area (Å²) in [6.07, 6.45) is 3.11. The number of ether oxygens (including phenoxy) is 1. The highest BCUT2D eigenvalue weighted by molar-refractivity contribution is 5.82. The molecule has 0 bridgehead atoms. The monoisotopic (exact) mass is 229 g/mol. The number of benzene rings is 1. The Labute approximate surface area is 100 Å². The van der Waals surface area contributed by atoms with Gasteiger partial charge in [0.05, 0.1) is 11.6 Å². The number of hydrogen-bond acceptors (Lipinski definition) is 3. The van der Waals surface area contributed by atoms with Crippen LogP contribution in [0.4, 0.5) is 0 Å². The van der Waals surface area contributed by atoms with Gasteiger partial charge in [0, 0.05) is 18.2 Å². The first kappa shape index (κ1) is 10.7. The van der Waals surface area contributed by atoms with Crippen LogP contribution >= 0.6 is 0 Å². The number of fused-ring (bicyclic) bond motifs is 1. The zero-order valence-electron chi connectivity index (χ0n) is 9.54. The van der Waals surface area contributed by atoms with Gasteiger partial charge in [0.15, 0.2) is 0 Å². The lowest BCUT2D eigenvalue weighted by atomic mass is 9.98. The molecule has 2 heterocycles. The fourth-order valence-electron chi connectivity index (χ4n) is 2.44. The van der Waals surface area contributed by atoms with Crippen LogP contribution in [-0.4, -0.2) is 22.8 Å². The van der Waals surface area contributed by atoms with Crippen LogP contribution in [0.25, 0.3) is 10.9 Å². The molecule has 3 heteroatoms. The van der Waals surface area contributed by atoms with Crippen LogP contribution in [0.3, 0.4) is 0 Å². The minimum absolute atomic E-state index is 0.0687. The van der Waals surface area contributed by atoms with Gasteiger partial charge in [-0.05, 0) is 30.5 Å². The van der Waals surface area contributed by atoms with Crippen molar-refractivity contribution >= 4 is 10.9 Å². The molecule has 1 aromatic heterocycles. The summed E-state index contributed by atoms with van der Waals surface area (Å²) < 4.78 is 5.55. The Morgan fingerprint density at radius 1 is 1.29 bits per heavy atom. The van der Waals surface area contributed by atoms with Gasteiger partial charge in [0.1, 0.15) is 6.10 Å². The van der Waals surface area contributed by atoms with E-state index in [1.807, 2.05) is 30.3 Å². The molecule has 1 aliphatic rings. The molecule has 2 atom stereocenters. The van der Waals surface area contributed by atoms with Gasteiger partial charge in [0.2, 0.25) is 0 Å². The molecule has 0 aliphatic carbocycles. The van der Waals surface area contributed by atoms with Crippen molar-refractivity contribution in [2.75, 3.05) is 6.61 Å². The summed E-state index contributed by atoms with van der Waals surface area (Å²) >= 11 is 0. The number of rotatable bonds is 2. The first-order valence-electron chi connectivity index (χ1n) is 5.99. The fraction of sp³-hybridized carbons (Fsp3) is 0.357. The van der Waals surface area contributed by atoms with Crippen LogP contribution in [0.1, 0.15) is 24.5 Å². The maximum atomic E-state index is 10.4. The molecule has 1 saturated heterocycles. The molecule has 1 aromatic carbocycles. The third-order valence-corrected chi connectivity index (χ3v) is 3.32. The van der Waals surface area contributed by atoms with Crippen molar-refractivity contribution < 1.29 is 9.84 Å². The fourth-order valence-corrected chi connectivity index (χ4v) is 2.44. The summed E-state index contributed by atoms with van der Waals surface area (Å²) in [5.41, 5.74) is 1.84. The summed E-state index contributed by atoms with van der Waals surface area (Å²) in [7, 11) is 0. The Morgan fingerprint density at radius 3 is 3.06 bits per heavy atom. The van der Waals surface area contributed by atoms with Crippen LogP contribution < -0.4 is 0 Å². The van der Waals surface area contributed by atoms with Gasteiger partial charge in [-0.2, -0.15) is 0 Å². The maximum absolute atomic E-state index is 10.4. The SMILES string of the molecule is OC(c1cccc2ncccc12)C1CCCO1. The number of aromatic nitrogens is 1. The van der Waals surface area contributed by atoms with Gasteiger partial charge >= 0.3 is 0 Å². The average molecular weight is 229 g/mol. The second kappa shape index (κ2) is 4.43. The number of nitrogens with zero attached hydrogens (tertiary/aromatic N) is 1. The molecule has 2 aromatic rings. The zero-order chi connectivity index (χ0) is 11.7. The zero-order valence-corrected chi connectivity index (χ0v) is 9.54. The first-order chi connectivity index (χ1) is 8.36. The van der Waals surface area contributed by atoms with E-state index < -0.39 is 6.10 Å². The van der Waals surface area contributed by atoms with Gasteiger partial charge in [0.25, 0.3) is 0 Å². The molecule has 17 heavy (non-hydrogen) atoms. The molecule has 0 amide bonds. The van der Waals surface area contributed by atoms with E-state index in [2.05, 4.69) is 4.98 Å². The molecule has 88 valence electrons. The predicted molar refractivity (Wildman–Crippen MR) is 65.7 cm³/mol. The molecule has 0 spiro atoms. The molecule has 3 rings (SSSR count). The maximum Gasteiger partial charge on any atom is 0.106 e. The number of aliphatic hydroxyl groups excluding tert-OH is 1. The number of aliphatic hydroxyl groups is 1. The Hall–Kier alpha value is -1.45. The molecular formula is C14H15NO2. The lowest BCUT2D eigenvalue weighted by Crippen LogP contribution is -2.17. The second-order valence-corrected chi connectivity index (χ2v) is 4.41. The van der Waals surface area contributed by atoms with Gasteiger partial charge in [-0.1, -0.05) is 18.2 Å². The lowest BCUT2D eigenvalue weighted by Gasteiger charge is -2.19. The van der Waals surface area contributed by atoms with Crippen LogP contribution in [0.5, 0.6) is 0 Å². The summed E-state index contributed by atoms with van der Waals surface area (Å²) in [6, 6.07) is 9.74. The number of hydrogen-bond donors (Lipinski definition) is 1. The minimum atomic E-state index is -0.551. The normalized spacial score (nSPS) is 21.8. The van der Waals surface area contributed by atoms with Crippen LogP contribution in [0.15, 0.2) is 36.5 Å². The Kier molecular flexibility index (Phi) is 2.79. The van der Waals surface area contributed by atoms with E-state index in [4.69, 9.17) is 4.74 Å². The third-order valence-electron chi connectivity index (χ3n) is 3.32. The minimum Gasteiger partial charge on any atom is -0.386 e. The van der Waals surface area contributed by atoms with Crippen molar-refractivity contribution in [3.05, 3.63) is 42.1 Å². The van der Waals surface area contributed by atoms with E-state index >= 15 is 0 Å². The van der Waals surface area contributed by atoms with Crippen LogP contribution in [-0.2, 0) is 4.74 Å². The largest absolute Gasteiger partial charge is 0.386 e. The van der Waals surface area contributed by atoms with Gasteiger partial charge in [-0.3, -0.25) is 4.98 Å². The smallest absolute Gasteiger partial charge is 0.106 e. The van der Waals surface area contributed by atoms with Gasteiger partial charge < -0.3 is 9.84 Å². The van der Waals surface area contributed by atoms with Crippen LogP contribution in [0, 0.1) is 0 Å². The summed E-state index contributed by atoms with van der Waals surface area (Å²) in [5, 5.41) is 11.4. The molecule has 0 saturated carbocycles. The number of pyridine rings is 1.